The number of methoxy groups -OCH3 is 1. The SMILES string of the molecule is COc1ccc(CN2Cc3[nH]nc(-c4ccc(CO)cc4)c3CC2=O)cc1. The maximum atomic E-state index is 12.7. The molecule has 0 spiro atoms. The number of nitrogens with zero attached hydrogens (tertiary/aromatic N) is 2. The Labute approximate surface area is 157 Å². The second-order valence-corrected chi connectivity index (χ2v) is 6.66. The maximum Gasteiger partial charge on any atom is 0.227 e. The highest BCUT2D eigenvalue weighted by Gasteiger charge is 2.28. The minimum absolute atomic E-state index is 0.0117. The Bertz CT molecular complexity index is 946. The maximum absolute atomic E-state index is 12.7. The summed E-state index contributed by atoms with van der Waals surface area (Å²) >= 11 is 0. The zero-order chi connectivity index (χ0) is 18.8. The highest BCUT2D eigenvalue weighted by atomic mass is 16.5. The quantitative estimate of drug-likeness (QED) is 0.730. The minimum atomic E-state index is 0.0117. The second kappa shape index (κ2) is 7.25. The normalized spacial score (nSPS) is 13.6. The molecule has 6 heteroatoms. The summed E-state index contributed by atoms with van der Waals surface area (Å²) in [5.41, 5.74) is 5.61. The molecule has 0 radical (unpaired) electrons. The Balaban J connectivity index is 1.54. The number of hydrogen-bond donors (Lipinski definition) is 2. The summed E-state index contributed by atoms with van der Waals surface area (Å²) in [6.07, 6.45) is 0.332. The Morgan fingerprint density at radius 2 is 1.81 bits per heavy atom. The van der Waals surface area contributed by atoms with Crippen molar-refractivity contribution in [2.24, 2.45) is 0 Å². The van der Waals surface area contributed by atoms with Crippen LogP contribution in [-0.2, 0) is 30.9 Å². The molecule has 1 aliphatic rings. The van der Waals surface area contributed by atoms with Gasteiger partial charge in [0.2, 0.25) is 5.91 Å². The number of nitrogens with one attached hydrogen (secondary N) is 1. The molecule has 0 unspecified atom stereocenters. The van der Waals surface area contributed by atoms with Gasteiger partial charge in [-0.15, -0.1) is 0 Å². The molecule has 0 atom stereocenters. The summed E-state index contributed by atoms with van der Waals surface area (Å²) in [5.74, 6) is 0.893. The third-order valence-electron chi connectivity index (χ3n) is 4.92. The molecular weight excluding hydrogens is 342 g/mol. The van der Waals surface area contributed by atoms with E-state index >= 15 is 0 Å². The van der Waals surface area contributed by atoms with Gasteiger partial charge in [-0.05, 0) is 23.3 Å². The number of carbonyl (C=O) groups is 1. The topological polar surface area (TPSA) is 78.4 Å². The van der Waals surface area contributed by atoms with Crippen LogP contribution in [-0.4, -0.2) is 33.2 Å². The van der Waals surface area contributed by atoms with E-state index in [0.29, 0.717) is 19.5 Å². The Hall–Kier alpha value is -3.12. The number of amides is 1. The second-order valence-electron chi connectivity index (χ2n) is 6.66. The van der Waals surface area contributed by atoms with Crippen LogP contribution in [0.2, 0.25) is 0 Å². The number of carbonyl (C=O) groups excluding carboxylic acids is 1. The van der Waals surface area contributed by atoms with Gasteiger partial charge in [-0.1, -0.05) is 36.4 Å². The summed E-state index contributed by atoms with van der Waals surface area (Å²) in [7, 11) is 1.64. The monoisotopic (exact) mass is 363 g/mol. The van der Waals surface area contributed by atoms with Crippen molar-refractivity contribution < 1.29 is 14.6 Å². The lowest BCUT2D eigenvalue weighted by atomic mass is 9.98. The van der Waals surface area contributed by atoms with Crippen LogP contribution in [0, 0.1) is 0 Å². The van der Waals surface area contributed by atoms with Crippen molar-refractivity contribution in [2.45, 2.75) is 26.1 Å². The molecule has 1 aliphatic heterocycles. The van der Waals surface area contributed by atoms with Crippen LogP contribution in [0.3, 0.4) is 0 Å². The molecule has 2 heterocycles. The van der Waals surface area contributed by atoms with Gasteiger partial charge in [0.15, 0.2) is 0 Å². The Morgan fingerprint density at radius 1 is 1.11 bits per heavy atom. The van der Waals surface area contributed by atoms with Crippen molar-refractivity contribution >= 4 is 5.91 Å². The zero-order valence-corrected chi connectivity index (χ0v) is 15.1. The molecule has 1 aromatic heterocycles. The molecule has 2 aromatic carbocycles. The van der Waals surface area contributed by atoms with Gasteiger partial charge in [0.1, 0.15) is 5.75 Å². The molecule has 6 nitrogen and oxygen atoms in total. The Morgan fingerprint density at radius 3 is 2.48 bits per heavy atom. The van der Waals surface area contributed by atoms with Crippen molar-refractivity contribution in [3.63, 3.8) is 0 Å². The number of aliphatic hydroxyl groups excluding tert-OH is 1. The number of H-pyrrole nitrogens is 1. The van der Waals surface area contributed by atoms with Crippen LogP contribution in [0.25, 0.3) is 11.3 Å². The summed E-state index contributed by atoms with van der Waals surface area (Å²) in [4.78, 5) is 14.5. The van der Waals surface area contributed by atoms with Crippen molar-refractivity contribution in [1.82, 2.24) is 15.1 Å². The van der Waals surface area contributed by atoms with Gasteiger partial charge in [0.05, 0.1) is 38.1 Å². The molecule has 27 heavy (non-hydrogen) atoms. The number of hydrogen-bond acceptors (Lipinski definition) is 4. The molecule has 0 bridgehead atoms. The molecule has 2 N–H and O–H groups in total. The molecule has 138 valence electrons. The minimum Gasteiger partial charge on any atom is -0.497 e. The predicted octanol–water partition coefficient (Wildman–Crippen LogP) is 2.66. The lowest BCUT2D eigenvalue weighted by Crippen LogP contribution is -2.35. The third kappa shape index (κ3) is 3.44. The van der Waals surface area contributed by atoms with E-state index in [-0.39, 0.29) is 12.5 Å². The van der Waals surface area contributed by atoms with E-state index in [1.54, 1.807) is 7.11 Å². The van der Waals surface area contributed by atoms with E-state index in [0.717, 1.165) is 39.4 Å². The van der Waals surface area contributed by atoms with Gasteiger partial charge in [0.25, 0.3) is 0 Å². The predicted molar refractivity (Wildman–Crippen MR) is 101 cm³/mol. The van der Waals surface area contributed by atoms with Gasteiger partial charge >= 0.3 is 0 Å². The van der Waals surface area contributed by atoms with E-state index in [4.69, 9.17) is 4.74 Å². The van der Waals surface area contributed by atoms with Crippen LogP contribution < -0.4 is 4.74 Å². The number of aromatic nitrogens is 2. The van der Waals surface area contributed by atoms with Gasteiger partial charge in [-0.25, -0.2) is 0 Å². The van der Waals surface area contributed by atoms with Crippen LogP contribution in [0.1, 0.15) is 22.4 Å². The molecule has 0 saturated heterocycles. The van der Waals surface area contributed by atoms with Gasteiger partial charge in [-0.3, -0.25) is 9.89 Å². The molecule has 4 rings (SSSR count). The summed E-state index contributed by atoms with van der Waals surface area (Å²) in [6.45, 7) is 1.08. The number of ether oxygens (including phenoxy) is 1. The van der Waals surface area contributed by atoms with Gasteiger partial charge in [-0.2, -0.15) is 5.10 Å². The third-order valence-corrected chi connectivity index (χ3v) is 4.92. The van der Waals surface area contributed by atoms with E-state index in [9.17, 15) is 9.90 Å². The number of rotatable bonds is 5. The first-order valence-corrected chi connectivity index (χ1v) is 8.85. The summed E-state index contributed by atoms with van der Waals surface area (Å²) in [6, 6.07) is 15.4. The molecule has 0 fully saturated rings. The first-order chi connectivity index (χ1) is 13.2. The lowest BCUT2D eigenvalue weighted by Gasteiger charge is -2.27. The Kier molecular flexibility index (Phi) is 4.64. The number of aliphatic hydroxyl groups is 1. The van der Waals surface area contributed by atoms with E-state index in [1.807, 2.05) is 53.4 Å². The number of fused-ring (bicyclic) bond motifs is 1. The number of benzene rings is 2. The lowest BCUT2D eigenvalue weighted by molar-refractivity contribution is -0.132. The molecule has 0 saturated carbocycles. The summed E-state index contributed by atoms with van der Waals surface area (Å²) in [5, 5.41) is 16.7. The molecule has 1 amide bonds. The van der Waals surface area contributed by atoms with Gasteiger partial charge in [0, 0.05) is 17.7 Å². The van der Waals surface area contributed by atoms with Crippen LogP contribution in [0.15, 0.2) is 48.5 Å². The first kappa shape index (κ1) is 17.3. The van der Waals surface area contributed by atoms with Crippen LogP contribution in [0.5, 0.6) is 5.75 Å². The fourth-order valence-corrected chi connectivity index (χ4v) is 3.37. The van der Waals surface area contributed by atoms with Crippen LogP contribution >= 0.6 is 0 Å². The molecular formula is C21H21N3O3. The average Bonchev–Trinajstić information content (AvgIpc) is 3.11. The van der Waals surface area contributed by atoms with Crippen molar-refractivity contribution in [2.75, 3.05) is 7.11 Å². The largest absolute Gasteiger partial charge is 0.497 e. The van der Waals surface area contributed by atoms with Gasteiger partial charge < -0.3 is 14.7 Å². The van der Waals surface area contributed by atoms with Crippen LogP contribution in [0.4, 0.5) is 0 Å². The smallest absolute Gasteiger partial charge is 0.227 e. The first-order valence-electron chi connectivity index (χ1n) is 8.85. The molecule has 3 aromatic rings. The van der Waals surface area contributed by atoms with Crippen molar-refractivity contribution in [1.29, 1.82) is 0 Å². The molecule has 0 aliphatic carbocycles. The highest BCUT2D eigenvalue weighted by molar-refractivity contribution is 5.83. The van der Waals surface area contributed by atoms with Crippen molar-refractivity contribution in [3.05, 3.63) is 70.9 Å². The van der Waals surface area contributed by atoms with Crippen molar-refractivity contribution in [3.8, 4) is 17.0 Å². The van der Waals surface area contributed by atoms with E-state index in [2.05, 4.69) is 10.2 Å². The summed E-state index contributed by atoms with van der Waals surface area (Å²) < 4.78 is 5.18. The standard InChI is InChI=1S/C21H21N3O3/c1-27-17-8-4-14(5-9-17)11-24-12-19-18(10-20(24)26)21(23-22-19)16-6-2-15(13-25)3-7-16/h2-9,25H,10-13H2,1H3,(H,22,23). The van der Waals surface area contributed by atoms with E-state index in [1.165, 1.54) is 0 Å². The van der Waals surface area contributed by atoms with E-state index < -0.39 is 0 Å². The fourth-order valence-electron chi connectivity index (χ4n) is 3.37. The highest BCUT2D eigenvalue weighted by Crippen LogP contribution is 2.29. The number of aromatic amines is 1. The zero-order valence-electron chi connectivity index (χ0n) is 15.1. The fraction of sp³-hybridized carbons (Fsp3) is 0.238. The average molecular weight is 363 g/mol.